The number of benzene rings is 2. The molecule has 1 aliphatic carbocycles. The van der Waals surface area contributed by atoms with Crippen molar-refractivity contribution in [3.8, 4) is 11.1 Å². The van der Waals surface area contributed by atoms with Crippen molar-refractivity contribution < 1.29 is 33.1 Å². The maximum atomic E-state index is 15.2. The molecule has 2 aromatic rings. The van der Waals surface area contributed by atoms with Crippen molar-refractivity contribution in [1.29, 1.82) is 0 Å². The average Bonchev–Trinajstić information content (AvgIpc) is 3.64. The minimum atomic E-state index is -1.39. The summed E-state index contributed by atoms with van der Waals surface area (Å²) in [6.07, 6.45) is 2.86. The summed E-state index contributed by atoms with van der Waals surface area (Å²) in [6, 6.07) is 4.83. The molecule has 1 saturated carbocycles. The van der Waals surface area contributed by atoms with Crippen LogP contribution < -0.4 is 10.6 Å². The topological polar surface area (TPSA) is 116 Å². The van der Waals surface area contributed by atoms with E-state index >= 15 is 4.39 Å². The van der Waals surface area contributed by atoms with Crippen LogP contribution in [0.4, 0.5) is 8.78 Å². The number of nitrogens with one attached hydrogen (secondary N) is 2. The summed E-state index contributed by atoms with van der Waals surface area (Å²) >= 11 is 0. The molecule has 0 bridgehead atoms. The van der Waals surface area contributed by atoms with Gasteiger partial charge < -0.3 is 20.6 Å². The number of likely N-dealkylation sites (tertiary alicyclic amines) is 1. The van der Waals surface area contributed by atoms with Crippen molar-refractivity contribution in [3.05, 3.63) is 58.7 Å². The van der Waals surface area contributed by atoms with Gasteiger partial charge in [0, 0.05) is 18.0 Å². The zero-order valence-electron chi connectivity index (χ0n) is 23.6. The second-order valence-corrected chi connectivity index (χ2v) is 11.1. The summed E-state index contributed by atoms with van der Waals surface area (Å²) in [4.78, 5) is 52.6. The highest BCUT2D eigenvalue weighted by Gasteiger charge is 2.41. The van der Waals surface area contributed by atoms with Crippen molar-refractivity contribution >= 4 is 23.7 Å². The van der Waals surface area contributed by atoms with Gasteiger partial charge in [0.2, 0.25) is 17.7 Å². The molecule has 2 aliphatic rings. The minimum absolute atomic E-state index is 0.0376. The van der Waals surface area contributed by atoms with Crippen molar-refractivity contribution in [2.75, 3.05) is 6.54 Å². The van der Waals surface area contributed by atoms with E-state index < -0.39 is 54.0 Å². The predicted molar refractivity (Wildman–Crippen MR) is 149 cm³/mol. The number of aliphatic carboxylic acids is 1. The molecule has 3 N–H and O–H groups in total. The van der Waals surface area contributed by atoms with Crippen LogP contribution in [-0.4, -0.2) is 52.3 Å². The van der Waals surface area contributed by atoms with Crippen LogP contribution in [0.25, 0.3) is 11.1 Å². The maximum absolute atomic E-state index is 15.2. The van der Waals surface area contributed by atoms with Crippen LogP contribution in [0.15, 0.2) is 30.3 Å². The Bertz CT molecular complexity index is 1320. The fourth-order valence-electron chi connectivity index (χ4n) is 5.66. The monoisotopic (exact) mass is 569 g/mol. The first-order valence-electron chi connectivity index (χ1n) is 14.2. The Balaban J connectivity index is 1.59. The summed E-state index contributed by atoms with van der Waals surface area (Å²) < 4.78 is 30.1. The second-order valence-electron chi connectivity index (χ2n) is 11.1. The van der Waals surface area contributed by atoms with Gasteiger partial charge in [-0.3, -0.25) is 19.2 Å². The molecule has 4 rings (SSSR count). The number of carbonyl (C=O) groups excluding carboxylic acids is 3. The largest absolute Gasteiger partial charge is 0.481 e. The normalized spacial score (nSPS) is 18.1. The van der Waals surface area contributed by atoms with E-state index in [1.165, 1.54) is 6.07 Å². The van der Waals surface area contributed by atoms with Gasteiger partial charge in [-0.15, -0.1) is 0 Å². The molecule has 8 nitrogen and oxygen atoms in total. The summed E-state index contributed by atoms with van der Waals surface area (Å²) in [6.45, 7) is 5.98. The number of hydrogen-bond acceptors (Lipinski definition) is 4. The number of hydrogen-bond donors (Lipinski definition) is 3. The van der Waals surface area contributed by atoms with Crippen LogP contribution in [0, 0.1) is 31.4 Å². The van der Waals surface area contributed by atoms with Crippen molar-refractivity contribution in [2.24, 2.45) is 5.92 Å². The number of carbonyl (C=O) groups is 4. The fourth-order valence-corrected chi connectivity index (χ4v) is 5.66. The van der Waals surface area contributed by atoms with Gasteiger partial charge in [-0.1, -0.05) is 31.5 Å². The predicted octanol–water partition coefficient (Wildman–Crippen LogP) is 4.57. The molecule has 0 radical (unpaired) electrons. The summed E-state index contributed by atoms with van der Waals surface area (Å²) in [5.41, 5.74) is 2.41. The molecular weight excluding hydrogens is 532 g/mol. The molecule has 0 aromatic heterocycles. The van der Waals surface area contributed by atoms with E-state index in [1.807, 2.05) is 39.0 Å². The molecule has 0 spiro atoms. The molecule has 3 amide bonds. The number of aryl methyl sites for hydroxylation is 2. The molecular formula is C31H37F2N3O5. The Labute approximate surface area is 238 Å². The second kappa shape index (κ2) is 12.8. The first-order chi connectivity index (χ1) is 19.5. The highest BCUT2D eigenvalue weighted by molar-refractivity contribution is 5.93. The van der Waals surface area contributed by atoms with E-state index in [4.69, 9.17) is 0 Å². The molecule has 1 unspecified atom stereocenters. The van der Waals surface area contributed by atoms with Crippen molar-refractivity contribution in [2.45, 2.75) is 83.8 Å². The summed E-state index contributed by atoms with van der Waals surface area (Å²) in [5, 5.41) is 14.9. The number of carboxylic acids is 1. The first kappa shape index (κ1) is 30.1. The number of amides is 3. The third-order valence-corrected chi connectivity index (χ3v) is 7.87. The average molecular weight is 570 g/mol. The van der Waals surface area contributed by atoms with Crippen molar-refractivity contribution in [3.63, 3.8) is 0 Å². The lowest BCUT2D eigenvalue weighted by atomic mass is 9.92. The third kappa shape index (κ3) is 6.92. The molecule has 1 heterocycles. The number of halogens is 2. The van der Waals surface area contributed by atoms with Gasteiger partial charge >= 0.3 is 5.97 Å². The van der Waals surface area contributed by atoms with Gasteiger partial charge in [0.1, 0.15) is 12.1 Å². The van der Waals surface area contributed by atoms with Gasteiger partial charge in [-0.25, -0.2) is 8.78 Å². The van der Waals surface area contributed by atoms with E-state index in [0.717, 1.165) is 30.0 Å². The van der Waals surface area contributed by atoms with Gasteiger partial charge in [0.05, 0.1) is 12.5 Å². The van der Waals surface area contributed by atoms with E-state index in [-0.39, 0.29) is 23.8 Å². The van der Waals surface area contributed by atoms with Gasteiger partial charge in [0.15, 0.2) is 11.6 Å². The molecule has 220 valence electrons. The highest BCUT2D eigenvalue weighted by atomic mass is 19.2. The molecule has 41 heavy (non-hydrogen) atoms. The molecule has 1 saturated heterocycles. The number of rotatable bonds is 11. The maximum Gasteiger partial charge on any atom is 0.305 e. The van der Waals surface area contributed by atoms with Crippen LogP contribution in [0.5, 0.6) is 0 Å². The molecule has 2 aromatic carbocycles. The van der Waals surface area contributed by atoms with Crippen LogP contribution in [-0.2, 0) is 19.2 Å². The lowest BCUT2D eigenvalue weighted by Gasteiger charge is -2.27. The minimum Gasteiger partial charge on any atom is -0.481 e. The standard InChI is InChI=1S/C31H37F2N3O5/c1-4-7-23(34-30(40)25-10-6-13-36(25)31(41)19-11-12-19)29(39)35-24(16-26(37)38)21-14-20(15-22(32)28(21)33)27-17(2)8-5-9-18(27)3/h5,8-9,14-15,19,23-25H,4,6-7,10-13,16H2,1-3H3,(H,34,40)(H,35,39)(H,37,38)/t23-,24?,25+/m0/s1. The number of nitrogens with zero attached hydrogens (tertiary/aromatic N) is 1. The van der Waals surface area contributed by atoms with Crippen molar-refractivity contribution in [1.82, 2.24) is 15.5 Å². The number of carboxylic acid groups (broad SMARTS) is 1. The van der Waals surface area contributed by atoms with Gasteiger partial charge in [-0.05, 0) is 80.3 Å². The van der Waals surface area contributed by atoms with Crippen LogP contribution >= 0.6 is 0 Å². The van der Waals surface area contributed by atoms with E-state index in [9.17, 15) is 28.7 Å². The Hall–Kier alpha value is -3.82. The SMILES string of the molecule is CCC[C@H](NC(=O)[C@H]1CCCN1C(=O)C1CC1)C(=O)NC(CC(=O)O)c1cc(-c2c(C)cccc2C)cc(F)c1F. The lowest BCUT2D eigenvalue weighted by Crippen LogP contribution is -2.53. The van der Waals surface area contributed by atoms with Crippen LogP contribution in [0.1, 0.15) is 74.6 Å². The summed E-state index contributed by atoms with van der Waals surface area (Å²) in [5.74, 6) is -4.96. The highest BCUT2D eigenvalue weighted by Crippen LogP contribution is 2.34. The first-order valence-corrected chi connectivity index (χ1v) is 14.2. The Morgan fingerprint density at radius 1 is 1.05 bits per heavy atom. The molecule has 1 aliphatic heterocycles. The Morgan fingerprint density at radius 3 is 2.34 bits per heavy atom. The molecule has 10 heteroatoms. The third-order valence-electron chi connectivity index (χ3n) is 7.87. The Kier molecular flexibility index (Phi) is 9.40. The van der Waals surface area contributed by atoms with Crippen LogP contribution in [0.3, 0.4) is 0 Å². The van der Waals surface area contributed by atoms with E-state index in [2.05, 4.69) is 10.6 Å². The molecule has 3 atom stereocenters. The van der Waals surface area contributed by atoms with E-state index in [1.54, 1.807) is 4.90 Å². The van der Waals surface area contributed by atoms with Crippen LogP contribution in [0.2, 0.25) is 0 Å². The van der Waals surface area contributed by atoms with Gasteiger partial charge in [-0.2, -0.15) is 0 Å². The summed E-state index contributed by atoms with van der Waals surface area (Å²) in [7, 11) is 0. The fraction of sp³-hybridized carbons (Fsp3) is 0.484. The molecule has 2 fully saturated rings. The Morgan fingerprint density at radius 2 is 1.73 bits per heavy atom. The van der Waals surface area contributed by atoms with E-state index in [0.29, 0.717) is 36.9 Å². The lowest BCUT2D eigenvalue weighted by molar-refractivity contribution is -0.140. The zero-order chi connectivity index (χ0) is 29.8. The smallest absolute Gasteiger partial charge is 0.305 e. The zero-order valence-corrected chi connectivity index (χ0v) is 23.6. The quantitative estimate of drug-likeness (QED) is 0.367. The van der Waals surface area contributed by atoms with Gasteiger partial charge in [0.25, 0.3) is 0 Å².